The van der Waals surface area contributed by atoms with Gasteiger partial charge in [-0.15, -0.1) is 0 Å². The molecular weight excluding hydrogens is 162 g/mol. The minimum Gasteiger partial charge on any atom is -0.343 e. The lowest BCUT2D eigenvalue weighted by Crippen LogP contribution is -2.45. The smallest absolute Gasteiger partial charge is 0.296 e. The summed E-state index contributed by atoms with van der Waals surface area (Å²) in [6.07, 6.45) is 2.24. The molecule has 0 heterocycles. The van der Waals surface area contributed by atoms with E-state index in [1.54, 1.807) is 6.92 Å². The highest BCUT2D eigenvalue weighted by Crippen LogP contribution is 2.33. The van der Waals surface area contributed by atoms with E-state index < -0.39 is 0 Å². The molecule has 1 aliphatic carbocycles. The van der Waals surface area contributed by atoms with Crippen molar-refractivity contribution in [1.82, 2.24) is 5.32 Å². The molecule has 1 amide bonds. The maximum absolute atomic E-state index is 11.0. The molecule has 0 saturated heterocycles. The Morgan fingerprint density at radius 3 is 2.54 bits per heavy atom. The summed E-state index contributed by atoms with van der Waals surface area (Å²) < 4.78 is 0. The van der Waals surface area contributed by atoms with Gasteiger partial charge in [-0.2, -0.15) is 0 Å². The zero-order chi connectivity index (χ0) is 9.84. The minimum atomic E-state index is -0.130. The molecule has 0 radical (unpaired) electrons. The summed E-state index contributed by atoms with van der Waals surface area (Å²) in [5.41, 5.74) is 0. The first-order valence-corrected chi connectivity index (χ1v) is 4.86. The third-order valence-corrected chi connectivity index (χ3v) is 2.69. The fourth-order valence-corrected chi connectivity index (χ4v) is 1.66. The average Bonchev–Trinajstić information content (AvgIpc) is 1.95. The molecule has 13 heavy (non-hydrogen) atoms. The van der Waals surface area contributed by atoms with E-state index in [0.717, 1.165) is 24.7 Å². The van der Waals surface area contributed by atoms with E-state index in [2.05, 4.69) is 31.0 Å². The van der Waals surface area contributed by atoms with Gasteiger partial charge in [-0.3, -0.25) is 4.79 Å². The second-order valence-corrected chi connectivity index (χ2v) is 4.02. The van der Waals surface area contributed by atoms with E-state index in [4.69, 9.17) is 0 Å². The van der Waals surface area contributed by atoms with Gasteiger partial charge < -0.3 is 5.32 Å². The molecule has 1 saturated carbocycles. The van der Waals surface area contributed by atoms with Crippen molar-refractivity contribution in [2.24, 2.45) is 11.8 Å². The zero-order valence-electron chi connectivity index (χ0n) is 8.55. The van der Waals surface area contributed by atoms with Crippen molar-refractivity contribution in [1.29, 1.82) is 0 Å². The number of carbonyl (C=O) groups is 1. The van der Waals surface area contributed by atoms with Crippen LogP contribution in [0.2, 0.25) is 0 Å². The number of rotatable bonds is 2. The maximum Gasteiger partial charge on any atom is 0.296 e. The van der Waals surface area contributed by atoms with Crippen LogP contribution < -0.4 is 5.32 Å². The second-order valence-electron chi connectivity index (χ2n) is 4.02. The van der Waals surface area contributed by atoms with Crippen LogP contribution >= 0.6 is 0 Å². The zero-order valence-corrected chi connectivity index (χ0v) is 8.55. The summed E-state index contributed by atoms with van der Waals surface area (Å²) in [5.74, 6) is 6.48. The topological polar surface area (TPSA) is 29.1 Å². The molecule has 0 aliphatic heterocycles. The van der Waals surface area contributed by atoms with Gasteiger partial charge in [0.1, 0.15) is 0 Å². The molecule has 2 heteroatoms. The Kier molecular flexibility index (Phi) is 3.36. The van der Waals surface area contributed by atoms with Gasteiger partial charge in [0, 0.05) is 6.04 Å². The van der Waals surface area contributed by atoms with Crippen molar-refractivity contribution < 1.29 is 4.79 Å². The summed E-state index contributed by atoms with van der Waals surface area (Å²) in [5, 5.41) is 2.89. The third-order valence-electron chi connectivity index (χ3n) is 2.69. The summed E-state index contributed by atoms with van der Waals surface area (Å²) >= 11 is 0. The fourth-order valence-electron chi connectivity index (χ4n) is 1.66. The predicted octanol–water partition coefficient (Wildman–Crippen LogP) is 1.56. The third kappa shape index (κ3) is 2.77. The minimum absolute atomic E-state index is 0.130. The molecule has 0 bridgehead atoms. The summed E-state index contributed by atoms with van der Waals surface area (Å²) in [6.45, 7) is 6.14. The van der Waals surface area contributed by atoms with Gasteiger partial charge >= 0.3 is 0 Å². The van der Waals surface area contributed by atoms with Crippen LogP contribution in [0.25, 0.3) is 0 Å². The second kappa shape index (κ2) is 4.32. The van der Waals surface area contributed by atoms with E-state index in [-0.39, 0.29) is 5.91 Å². The monoisotopic (exact) mass is 179 g/mol. The molecule has 1 N–H and O–H groups in total. The Labute approximate surface area is 80.1 Å². The van der Waals surface area contributed by atoms with Crippen molar-refractivity contribution in [2.75, 3.05) is 0 Å². The maximum atomic E-state index is 11.0. The quantitative estimate of drug-likeness (QED) is 0.640. The summed E-state index contributed by atoms with van der Waals surface area (Å²) in [4.78, 5) is 11.0. The first-order chi connectivity index (χ1) is 6.13. The molecule has 0 unspecified atom stereocenters. The van der Waals surface area contributed by atoms with Crippen LogP contribution in [0.1, 0.15) is 33.6 Å². The van der Waals surface area contributed by atoms with E-state index >= 15 is 0 Å². The van der Waals surface area contributed by atoms with Crippen molar-refractivity contribution in [3.63, 3.8) is 0 Å². The molecule has 0 aromatic rings. The lowest BCUT2D eigenvalue weighted by atomic mass is 9.74. The number of carbonyl (C=O) groups excluding carboxylic acids is 1. The normalized spacial score (nSPS) is 25.8. The van der Waals surface area contributed by atoms with Crippen LogP contribution in [0.3, 0.4) is 0 Å². The van der Waals surface area contributed by atoms with Crippen LogP contribution in [0.15, 0.2) is 0 Å². The van der Waals surface area contributed by atoms with Gasteiger partial charge in [0.2, 0.25) is 0 Å². The largest absolute Gasteiger partial charge is 0.343 e. The van der Waals surface area contributed by atoms with E-state index in [1.165, 1.54) is 0 Å². The first kappa shape index (κ1) is 10.1. The summed E-state index contributed by atoms with van der Waals surface area (Å²) in [7, 11) is 0. The van der Waals surface area contributed by atoms with Crippen molar-refractivity contribution in [2.45, 2.75) is 39.7 Å². The van der Waals surface area contributed by atoms with Gasteiger partial charge in [0.15, 0.2) is 0 Å². The van der Waals surface area contributed by atoms with Gasteiger partial charge in [0.25, 0.3) is 5.91 Å². The molecule has 1 aliphatic rings. The molecule has 0 aromatic heterocycles. The number of nitrogens with one attached hydrogen (secondary N) is 1. The Balaban J connectivity index is 2.20. The lowest BCUT2D eigenvalue weighted by Gasteiger charge is -2.37. The molecule has 2 nitrogen and oxygen atoms in total. The molecule has 72 valence electrons. The highest BCUT2D eigenvalue weighted by molar-refractivity contribution is 5.93. The number of hydrogen-bond acceptors (Lipinski definition) is 1. The lowest BCUT2D eigenvalue weighted by molar-refractivity contribution is -0.117. The van der Waals surface area contributed by atoms with Crippen molar-refractivity contribution >= 4 is 5.91 Å². The average molecular weight is 179 g/mol. The Hall–Kier alpha value is -0.970. The van der Waals surface area contributed by atoms with Gasteiger partial charge in [-0.25, -0.2) is 0 Å². The fraction of sp³-hybridized carbons (Fsp3) is 0.727. The van der Waals surface area contributed by atoms with Crippen LogP contribution in [0.5, 0.6) is 0 Å². The predicted molar refractivity (Wildman–Crippen MR) is 52.9 cm³/mol. The highest BCUT2D eigenvalue weighted by Gasteiger charge is 2.31. The summed E-state index contributed by atoms with van der Waals surface area (Å²) in [6, 6.07) is 0.376. The standard InChI is InChI=1S/C11H17NO/c1-4-5-11(13)12-10-6-9(7-10)8(2)3/h8-10H,6-7H2,1-3H3,(H,12,13). The van der Waals surface area contributed by atoms with E-state index in [1.807, 2.05) is 0 Å². The molecular formula is C11H17NO. The molecule has 1 rings (SSSR count). The molecule has 0 spiro atoms. The Morgan fingerprint density at radius 2 is 2.08 bits per heavy atom. The van der Waals surface area contributed by atoms with Crippen molar-refractivity contribution in [3.8, 4) is 11.8 Å². The van der Waals surface area contributed by atoms with Gasteiger partial charge in [0.05, 0.1) is 0 Å². The van der Waals surface area contributed by atoms with Gasteiger partial charge in [-0.1, -0.05) is 19.8 Å². The first-order valence-electron chi connectivity index (χ1n) is 4.86. The van der Waals surface area contributed by atoms with Crippen LogP contribution in [-0.4, -0.2) is 11.9 Å². The number of hydrogen-bond donors (Lipinski definition) is 1. The van der Waals surface area contributed by atoms with Gasteiger partial charge in [-0.05, 0) is 37.5 Å². The Bertz CT molecular complexity index is 241. The van der Waals surface area contributed by atoms with Crippen LogP contribution in [0.4, 0.5) is 0 Å². The van der Waals surface area contributed by atoms with E-state index in [0.29, 0.717) is 6.04 Å². The number of amides is 1. The van der Waals surface area contributed by atoms with Crippen molar-refractivity contribution in [3.05, 3.63) is 0 Å². The molecule has 1 fully saturated rings. The van der Waals surface area contributed by atoms with E-state index in [9.17, 15) is 4.79 Å². The SMILES string of the molecule is CC#CC(=O)NC1CC(C(C)C)C1. The van der Waals surface area contributed by atoms with Crippen LogP contribution in [0, 0.1) is 23.7 Å². The molecule has 0 aromatic carbocycles. The molecule has 0 atom stereocenters. The van der Waals surface area contributed by atoms with Crippen LogP contribution in [-0.2, 0) is 4.79 Å². The highest BCUT2D eigenvalue weighted by atomic mass is 16.1. The Morgan fingerprint density at radius 1 is 1.46 bits per heavy atom.